The van der Waals surface area contributed by atoms with Crippen molar-refractivity contribution in [3.05, 3.63) is 35.1 Å². The van der Waals surface area contributed by atoms with Gasteiger partial charge >= 0.3 is 0 Å². The van der Waals surface area contributed by atoms with E-state index in [1.807, 2.05) is 20.8 Å². The minimum absolute atomic E-state index is 0.216. The minimum Gasteiger partial charge on any atom is -0.207 e. The number of nitriles is 1. The summed E-state index contributed by atoms with van der Waals surface area (Å²) in [4.78, 5) is 0. The number of aryl methyl sites for hydroxylation is 1. The van der Waals surface area contributed by atoms with Crippen LogP contribution in [0.2, 0.25) is 0 Å². The van der Waals surface area contributed by atoms with Crippen molar-refractivity contribution in [1.29, 1.82) is 5.26 Å². The molecule has 0 fully saturated rings. The van der Waals surface area contributed by atoms with E-state index in [0.29, 0.717) is 6.42 Å². The topological polar surface area (TPSA) is 23.8 Å². The third-order valence-electron chi connectivity index (χ3n) is 2.94. The molecule has 1 atom stereocenters. The fourth-order valence-electron chi connectivity index (χ4n) is 1.52. The molecule has 1 unspecified atom stereocenters. The quantitative estimate of drug-likeness (QED) is 0.739. The first-order valence-corrected chi connectivity index (χ1v) is 5.17. The van der Waals surface area contributed by atoms with E-state index in [2.05, 4.69) is 6.07 Å². The maximum Gasteiger partial charge on any atom is 0.123 e. The van der Waals surface area contributed by atoms with Gasteiger partial charge in [-0.15, -0.1) is 0 Å². The number of halogens is 1. The Kier molecular flexibility index (Phi) is 3.47. The van der Waals surface area contributed by atoms with E-state index in [9.17, 15) is 4.39 Å². The first kappa shape index (κ1) is 11.7. The van der Waals surface area contributed by atoms with Crippen LogP contribution >= 0.6 is 0 Å². The monoisotopic (exact) mass is 205 g/mol. The van der Waals surface area contributed by atoms with Gasteiger partial charge in [-0.2, -0.15) is 5.26 Å². The summed E-state index contributed by atoms with van der Waals surface area (Å²) in [5, 5.41) is 9.07. The average molecular weight is 205 g/mol. The Balaban J connectivity index is 2.95. The summed E-state index contributed by atoms with van der Waals surface area (Å²) in [6.07, 6.45) is 1.49. The summed E-state index contributed by atoms with van der Waals surface area (Å²) < 4.78 is 12.9. The molecule has 80 valence electrons. The molecule has 1 aromatic carbocycles. The maximum atomic E-state index is 12.9. The molecule has 0 spiro atoms. The summed E-state index contributed by atoms with van der Waals surface area (Å²) in [5.41, 5.74) is 1.63. The SMILES string of the molecule is CCC(C)(C#N)Cc1ccc(F)cc1C. The largest absolute Gasteiger partial charge is 0.207 e. The molecule has 1 nitrogen and oxygen atoms in total. The Morgan fingerprint density at radius 1 is 1.47 bits per heavy atom. The van der Waals surface area contributed by atoms with E-state index in [1.165, 1.54) is 12.1 Å². The van der Waals surface area contributed by atoms with Gasteiger partial charge in [-0.1, -0.05) is 13.0 Å². The van der Waals surface area contributed by atoms with Gasteiger partial charge in [0, 0.05) is 0 Å². The molecule has 0 saturated heterocycles. The average Bonchev–Trinajstić information content (AvgIpc) is 2.22. The third kappa shape index (κ3) is 2.79. The summed E-state index contributed by atoms with van der Waals surface area (Å²) in [6.45, 7) is 5.82. The zero-order valence-corrected chi connectivity index (χ0v) is 9.47. The Labute approximate surface area is 90.5 Å². The molecule has 0 amide bonds. The molecule has 0 bridgehead atoms. The zero-order valence-electron chi connectivity index (χ0n) is 9.47. The highest BCUT2D eigenvalue weighted by molar-refractivity contribution is 5.28. The van der Waals surface area contributed by atoms with Gasteiger partial charge in [-0.25, -0.2) is 4.39 Å². The molecular formula is C13H16FN. The van der Waals surface area contributed by atoms with Crippen molar-refractivity contribution in [3.63, 3.8) is 0 Å². The predicted molar refractivity (Wildman–Crippen MR) is 58.9 cm³/mol. The fraction of sp³-hybridized carbons (Fsp3) is 0.462. The van der Waals surface area contributed by atoms with Crippen LogP contribution in [0.1, 0.15) is 31.4 Å². The summed E-state index contributed by atoms with van der Waals surface area (Å²) in [7, 11) is 0. The Hall–Kier alpha value is -1.36. The van der Waals surface area contributed by atoms with Gasteiger partial charge in [0.15, 0.2) is 0 Å². The van der Waals surface area contributed by atoms with Gasteiger partial charge in [0.05, 0.1) is 11.5 Å². The molecule has 0 radical (unpaired) electrons. The molecule has 0 heterocycles. The third-order valence-corrected chi connectivity index (χ3v) is 2.94. The number of hydrogen-bond acceptors (Lipinski definition) is 1. The zero-order chi connectivity index (χ0) is 11.5. The first-order valence-electron chi connectivity index (χ1n) is 5.17. The van der Waals surface area contributed by atoms with Crippen LogP contribution in [-0.2, 0) is 6.42 Å². The van der Waals surface area contributed by atoms with Crippen LogP contribution in [0.4, 0.5) is 4.39 Å². The van der Waals surface area contributed by atoms with Crippen molar-refractivity contribution < 1.29 is 4.39 Å². The van der Waals surface area contributed by atoms with Crippen LogP contribution in [0.3, 0.4) is 0 Å². The smallest absolute Gasteiger partial charge is 0.123 e. The molecule has 0 aliphatic rings. The maximum absolute atomic E-state index is 12.9. The number of nitrogens with zero attached hydrogens (tertiary/aromatic N) is 1. The molecule has 0 aliphatic carbocycles. The van der Waals surface area contributed by atoms with Crippen molar-refractivity contribution in [3.8, 4) is 6.07 Å². The molecule has 0 N–H and O–H groups in total. The van der Waals surface area contributed by atoms with E-state index in [0.717, 1.165) is 17.5 Å². The van der Waals surface area contributed by atoms with Crippen LogP contribution < -0.4 is 0 Å². The van der Waals surface area contributed by atoms with E-state index in [4.69, 9.17) is 5.26 Å². The number of hydrogen-bond donors (Lipinski definition) is 0. The Morgan fingerprint density at radius 2 is 2.13 bits per heavy atom. The summed E-state index contributed by atoms with van der Waals surface area (Å²) >= 11 is 0. The van der Waals surface area contributed by atoms with Gasteiger partial charge in [-0.05, 0) is 49.9 Å². The van der Waals surface area contributed by atoms with Gasteiger partial charge in [0.1, 0.15) is 5.82 Å². The van der Waals surface area contributed by atoms with Crippen LogP contribution in [0.15, 0.2) is 18.2 Å². The molecule has 0 aromatic heterocycles. The molecular weight excluding hydrogens is 189 g/mol. The lowest BCUT2D eigenvalue weighted by Gasteiger charge is -2.20. The van der Waals surface area contributed by atoms with E-state index >= 15 is 0 Å². The summed E-state index contributed by atoms with van der Waals surface area (Å²) in [6, 6.07) is 7.07. The standard InChI is InChI=1S/C13H16FN/c1-4-13(3,9-15)8-11-5-6-12(14)7-10(11)2/h5-7H,4,8H2,1-3H3. The van der Waals surface area contributed by atoms with Gasteiger partial charge in [0.2, 0.25) is 0 Å². The second-order valence-corrected chi connectivity index (χ2v) is 4.27. The van der Waals surface area contributed by atoms with Gasteiger partial charge < -0.3 is 0 Å². The second-order valence-electron chi connectivity index (χ2n) is 4.27. The molecule has 0 saturated carbocycles. The Morgan fingerprint density at radius 3 is 2.60 bits per heavy atom. The van der Waals surface area contributed by atoms with Crippen molar-refractivity contribution in [2.24, 2.45) is 5.41 Å². The second kappa shape index (κ2) is 4.44. The minimum atomic E-state index is -0.345. The highest BCUT2D eigenvalue weighted by Gasteiger charge is 2.22. The fourth-order valence-corrected chi connectivity index (χ4v) is 1.52. The highest BCUT2D eigenvalue weighted by Crippen LogP contribution is 2.27. The lowest BCUT2D eigenvalue weighted by Crippen LogP contribution is -2.16. The molecule has 0 aliphatic heterocycles. The normalized spacial score (nSPS) is 14.3. The van der Waals surface area contributed by atoms with E-state index in [1.54, 1.807) is 6.07 Å². The van der Waals surface area contributed by atoms with Crippen molar-refractivity contribution in [1.82, 2.24) is 0 Å². The summed E-state index contributed by atoms with van der Waals surface area (Å²) in [5.74, 6) is -0.216. The Bertz CT molecular complexity index is 392. The van der Waals surface area contributed by atoms with Gasteiger partial charge in [0.25, 0.3) is 0 Å². The van der Waals surface area contributed by atoms with Crippen LogP contribution in [0.5, 0.6) is 0 Å². The predicted octanol–water partition coefficient (Wildman–Crippen LogP) is 3.62. The van der Waals surface area contributed by atoms with E-state index < -0.39 is 0 Å². The lowest BCUT2D eigenvalue weighted by molar-refractivity contribution is 0.421. The van der Waals surface area contributed by atoms with Crippen LogP contribution in [0.25, 0.3) is 0 Å². The van der Waals surface area contributed by atoms with E-state index in [-0.39, 0.29) is 11.2 Å². The van der Waals surface area contributed by atoms with Crippen LogP contribution in [0, 0.1) is 29.5 Å². The number of benzene rings is 1. The molecule has 1 aromatic rings. The molecule has 2 heteroatoms. The molecule has 15 heavy (non-hydrogen) atoms. The first-order chi connectivity index (χ1) is 7.00. The lowest BCUT2D eigenvalue weighted by atomic mass is 9.82. The number of rotatable bonds is 3. The van der Waals surface area contributed by atoms with Crippen molar-refractivity contribution >= 4 is 0 Å². The van der Waals surface area contributed by atoms with Gasteiger partial charge in [-0.3, -0.25) is 0 Å². The van der Waals surface area contributed by atoms with Crippen molar-refractivity contribution in [2.45, 2.75) is 33.6 Å². The van der Waals surface area contributed by atoms with Crippen LogP contribution in [-0.4, -0.2) is 0 Å². The van der Waals surface area contributed by atoms with Crippen molar-refractivity contribution in [2.75, 3.05) is 0 Å². The molecule has 1 rings (SSSR count). The highest BCUT2D eigenvalue weighted by atomic mass is 19.1.